The number of quaternary nitrogens is 1. The van der Waals surface area contributed by atoms with E-state index in [0.717, 1.165) is 4.48 Å². The molecule has 0 heterocycles. The van der Waals surface area contributed by atoms with Gasteiger partial charge in [-0.3, -0.25) is 0 Å². The van der Waals surface area contributed by atoms with Crippen molar-refractivity contribution in [2.24, 2.45) is 0 Å². The zero-order valence-electron chi connectivity index (χ0n) is 13.6. The molecular formula is C18H33NO. The molecule has 0 saturated heterocycles. The highest BCUT2D eigenvalue weighted by atomic mass is 16.0. The molecule has 0 amide bonds. The Bertz CT molecular complexity index is 321. The molecule has 0 atom stereocenters. The molecule has 0 radical (unpaired) electrons. The van der Waals surface area contributed by atoms with Gasteiger partial charge in [-0.05, 0) is 18.4 Å². The van der Waals surface area contributed by atoms with Crippen molar-refractivity contribution >= 4 is 0 Å². The number of hydrogen-bond acceptors (Lipinski definition) is 1. The monoisotopic (exact) mass is 279 g/mol. The van der Waals surface area contributed by atoms with Gasteiger partial charge in [-0.25, -0.2) is 0 Å². The lowest BCUT2D eigenvalue weighted by molar-refractivity contribution is -0.890. The van der Waals surface area contributed by atoms with Crippen LogP contribution < -0.4 is 0 Å². The Balaban J connectivity index is 0.00000361. The van der Waals surface area contributed by atoms with Crippen LogP contribution in [0.4, 0.5) is 0 Å². The second kappa shape index (κ2) is 10.9. The first-order chi connectivity index (χ1) is 9.14. The molecule has 0 aliphatic rings. The number of benzene rings is 1. The van der Waals surface area contributed by atoms with Crippen LogP contribution in [0, 0.1) is 0 Å². The molecule has 1 aromatic rings. The van der Waals surface area contributed by atoms with E-state index in [-0.39, 0.29) is 5.48 Å². The highest BCUT2D eigenvalue weighted by molar-refractivity contribution is 5.14. The van der Waals surface area contributed by atoms with E-state index in [0.29, 0.717) is 0 Å². The van der Waals surface area contributed by atoms with E-state index in [1.807, 2.05) is 0 Å². The highest BCUT2D eigenvalue weighted by Gasteiger charge is 2.13. The van der Waals surface area contributed by atoms with Crippen molar-refractivity contribution in [2.75, 3.05) is 27.2 Å². The minimum absolute atomic E-state index is 0. The second-order valence-corrected chi connectivity index (χ2v) is 6.39. The van der Waals surface area contributed by atoms with Crippen molar-refractivity contribution in [1.29, 1.82) is 0 Å². The number of rotatable bonds is 10. The summed E-state index contributed by atoms with van der Waals surface area (Å²) in [5, 5.41) is 0. The first-order valence-corrected chi connectivity index (χ1v) is 8.00. The van der Waals surface area contributed by atoms with Crippen LogP contribution in [0.3, 0.4) is 0 Å². The van der Waals surface area contributed by atoms with Gasteiger partial charge in [-0.15, -0.1) is 0 Å². The minimum Gasteiger partial charge on any atom is -0.870 e. The van der Waals surface area contributed by atoms with Crippen molar-refractivity contribution < 1.29 is 9.96 Å². The predicted molar refractivity (Wildman–Crippen MR) is 87.3 cm³/mol. The summed E-state index contributed by atoms with van der Waals surface area (Å²) >= 11 is 0. The Morgan fingerprint density at radius 2 is 1.40 bits per heavy atom. The third-order valence-corrected chi connectivity index (χ3v) is 3.97. The lowest BCUT2D eigenvalue weighted by Gasteiger charge is -2.30. The van der Waals surface area contributed by atoms with E-state index >= 15 is 0 Å². The molecule has 2 nitrogen and oxygen atoms in total. The number of unbranched alkanes of at least 4 members (excludes halogenated alkanes) is 5. The molecule has 0 aliphatic heterocycles. The lowest BCUT2D eigenvalue weighted by Crippen LogP contribution is -2.42. The van der Waals surface area contributed by atoms with Crippen molar-refractivity contribution in [3.05, 3.63) is 35.9 Å². The summed E-state index contributed by atoms with van der Waals surface area (Å²) in [5.41, 5.74) is 1.47. The molecular weight excluding hydrogens is 246 g/mol. The Hall–Kier alpha value is -0.860. The van der Waals surface area contributed by atoms with Gasteiger partial charge in [-0.1, -0.05) is 62.9 Å². The van der Waals surface area contributed by atoms with E-state index < -0.39 is 0 Å². The Kier molecular flexibility index (Phi) is 10.4. The molecule has 1 aromatic carbocycles. The molecule has 0 spiro atoms. The highest BCUT2D eigenvalue weighted by Crippen LogP contribution is 2.10. The van der Waals surface area contributed by atoms with E-state index in [2.05, 4.69) is 51.4 Å². The minimum atomic E-state index is 0. The molecule has 1 rings (SSSR count). The van der Waals surface area contributed by atoms with Gasteiger partial charge >= 0.3 is 0 Å². The van der Waals surface area contributed by atoms with Crippen LogP contribution in [-0.2, 0) is 6.42 Å². The second-order valence-electron chi connectivity index (χ2n) is 6.39. The molecule has 20 heavy (non-hydrogen) atoms. The fourth-order valence-corrected chi connectivity index (χ4v) is 2.51. The van der Waals surface area contributed by atoms with E-state index in [1.165, 1.54) is 63.6 Å². The van der Waals surface area contributed by atoms with Crippen LogP contribution in [0.5, 0.6) is 0 Å². The fourth-order valence-electron chi connectivity index (χ4n) is 2.51. The Morgan fingerprint density at radius 1 is 0.800 bits per heavy atom. The molecule has 0 aliphatic carbocycles. The maximum Gasteiger partial charge on any atom is 0.0823 e. The largest absolute Gasteiger partial charge is 0.870 e. The van der Waals surface area contributed by atoms with Gasteiger partial charge in [0.1, 0.15) is 0 Å². The van der Waals surface area contributed by atoms with Crippen molar-refractivity contribution in [2.45, 2.75) is 51.9 Å². The first kappa shape index (κ1) is 19.1. The first-order valence-electron chi connectivity index (χ1n) is 8.00. The van der Waals surface area contributed by atoms with Crippen LogP contribution in [-0.4, -0.2) is 37.1 Å². The quantitative estimate of drug-likeness (QED) is 0.458. The molecule has 0 unspecified atom stereocenters. The molecule has 116 valence electrons. The smallest absolute Gasteiger partial charge is 0.0823 e. The predicted octanol–water partition coefficient (Wildman–Crippen LogP) is 4.49. The summed E-state index contributed by atoms with van der Waals surface area (Å²) in [6.07, 6.45) is 9.59. The zero-order valence-corrected chi connectivity index (χ0v) is 13.6. The maximum absolute atomic E-state index is 2.37. The number of likely N-dealkylation sites (N-methyl/N-ethyl adjacent to an activating group) is 1. The van der Waals surface area contributed by atoms with Gasteiger partial charge in [0, 0.05) is 6.42 Å². The molecule has 0 bridgehead atoms. The molecule has 0 aromatic heterocycles. The van der Waals surface area contributed by atoms with Crippen LogP contribution in [0.25, 0.3) is 0 Å². The standard InChI is InChI=1S/C18H32N.H2O/c1-4-5-6-7-8-12-16-19(2,3)17-15-18-13-10-9-11-14-18;/h9-11,13-14H,4-8,12,15-17H2,1-3H3;1H2/q+1;/p-1. The van der Waals surface area contributed by atoms with Crippen LogP contribution in [0.1, 0.15) is 51.0 Å². The Labute approximate surface area is 125 Å². The summed E-state index contributed by atoms with van der Waals surface area (Å²) in [7, 11) is 4.74. The number of nitrogens with zero attached hydrogens (tertiary/aromatic N) is 1. The van der Waals surface area contributed by atoms with Crippen molar-refractivity contribution in [1.82, 2.24) is 0 Å². The maximum atomic E-state index is 2.37. The molecule has 0 fully saturated rings. The number of hydrogen-bond donors (Lipinski definition) is 0. The summed E-state index contributed by atoms with van der Waals surface area (Å²) in [6, 6.07) is 10.9. The van der Waals surface area contributed by atoms with Gasteiger partial charge in [-0.2, -0.15) is 0 Å². The summed E-state index contributed by atoms with van der Waals surface area (Å²) in [6.45, 7) is 4.85. The van der Waals surface area contributed by atoms with Crippen LogP contribution in [0.2, 0.25) is 0 Å². The third kappa shape index (κ3) is 9.11. The topological polar surface area (TPSA) is 30.0 Å². The lowest BCUT2D eigenvalue weighted by atomic mass is 10.1. The van der Waals surface area contributed by atoms with Crippen LogP contribution in [0.15, 0.2) is 30.3 Å². The molecule has 1 N–H and O–H groups in total. The van der Waals surface area contributed by atoms with Gasteiger partial charge in [0.05, 0.1) is 27.2 Å². The van der Waals surface area contributed by atoms with E-state index in [9.17, 15) is 0 Å². The molecule has 2 heteroatoms. The van der Waals surface area contributed by atoms with Gasteiger partial charge in [0.25, 0.3) is 0 Å². The van der Waals surface area contributed by atoms with E-state index in [1.54, 1.807) is 0 Å². The SMILES string of the molecule is CCCCCCCC[N+](C)(C)CCc1ccccc1.[OH-]. The zero-order chi connectivity index (χ0) is 14.0. The van der Waals surface area contributed by atoms with Gasteiger partial charge in [0.15, 0.2) is 0 Å². The average Bonchev–Trinajstić information content (AvgIpc) is 2.42. The van der Waals surface area contributed by atoms with Crippen molar-refractivity contribution in [3.63, 3.8) is 0 Å². The van der Waals surface area contributed by atoms with Gasteiger partial charge < -0.3 is 9.96 Å². The summed E-state index contributed by atoms with van der Waals surface area (Å²) < 4.78 is 1.16. The summed E-state index contributed by atoms with van der Waals surface area (Å²) in [5.74, 6) is 0. The molecule has 0 saturated carbocycles. The Morgan fingerprint density at radius 3 is 2.05 bits per heavy atom. The fraction of sp³-hybridized carbons (Fsp3) is 0.667. The van der Waals surface area contributed by atoms with Crippen LogP contribution >= 0.6 is 0 Å². The van der Waals surface area contributed by atoms with E-state index in [4.69, 9.17) is 0 Å². The summed E-state index contributed by atoms with van der Waals surface area (Å²) in [4.78, 5) is 0. The van der Waals surface area contributed by atoms with Gasteiger partial charge in [0.2, 0.25) is 0 Å². The third-order valence-electron chi connectivity index (χ3n) is 3.97. The average molecular weight is 279 g/mol. The normalized spacial score (nSPS) is 11.2. The van der Waals surface area contributed by atoms with Crippen molar-refractivity contribution in [3.8, 4) is 0 Å².